The van der Waals surface area contributed by atoms with Crippen LogP contribution in [-0.4, -0.2) is 30.1 Å². The SMILES string of the molecule is Cc1ccc(C2CCN(CC(C)(C)N)C2)c(C)c1. The second-order valence-corrected chi connectivity index (χ2v) is 6.57. The fraction of sp³-hybridized carbons (Fsp3) is 0.625. The molecule has 1 atom stereocenters. The van der Waals surface area contributed by atoms with Gasteiger partial charge in [0.1, 0.15) is 0 Å². The van der Waals surface area contributed by atoms with Gasteiger partial charge >= 0.3 is 0 Å². The summed E-state index contributed by atoms with van der Waals surface area (Å²) in [6.07, 6.45) is 1.26. The number of hydrogen-bond acceptors (Lipinski definition) is 2. The summed E-state index contributed by atoms with van der Waals surface area (Å²) < 4.78 is 0. The van der Waals surface area contributed by atoms with Crippen LogP contribution in [0.15, 0.2) is 18.2 Å². The summed E-state index contributed by atoms with van der Waals surface area (Å²) in [5.41, 5.74) is 10.3. The molecule has 1 unspecified atom stereocenters. The van der Waals surface area contributed by atoms with Crippen molar-refractivity contribution in [3.05, 3.63) is 34.9 Å². The maximum Gasteiger partial charge on any atom is 0.0226 e. The van der Waals surface area contributed by atoms with E-state index >= 15 is 0 Å². The Morgan fingerprint density at radius 2 is 2.06 bits per heavy atom. The van der Waals surface area contributed by atoms with Crippen LogP contribution in [0.25, 0.3) is 0 Å². The lowest BCUT2D eigenvalue weighted by Crippen LogP contribution is -2.44. The third-order valence-corrected chi connectivity index (χ3v) is 3.77. The fourth-order valence-electron chi connectivity index (χ4n) is 3.09. The lowest BCUT2D eigenvalue weighted by atomic mass is 9.93. The second-order valence-electron chi connectivity index (χ2n) is 6.57. The van der Waals surface area contributed by atoms with Crippen molar-refractivity contribution in [1.29, 1.82) is 0 Å². The van der Waals surface area contributed by atoms with Crippen molar-refractivity contribution in [2.24, 2.45) is 5.73 Å². The quantitative estimate of drug-likeness (QED) is 0.888. The summed E-state index contributed by atoms with van der Waals surface area (Å²) >= 11 is 0. The van der Waals surface area contributed by atoms with E-state index in [0.29, 0.717) is 5.92 Å². The van der Waals surface area contributed by atoms with Gasteiger partial charge in [0.05, 0.1) is 0 Å². The standard InChI is InChI=1S/C16H26N2/c1-12-5-6-15(13(2)9-12)14-7-8-18(10-14)11-16(3,4)17/h5-6,9,14H,7-8,10-11,17H2,1-4H3. The van der Waals surface area contributed by atoms with Crippen molar-refractivity contribution < 1.29 is 0 Å². The van der Waals surface area contributed by atoms with Crippen molar-refractivity contribution in [2.75, 3.05) is 19.6 Å². The Balaban J connectivity index is 2.04. The Morgan fingerprint density at radius 1 is 1.33 bits per heavy atom. The zero-order valence-electron chi connectivity index (χ0n) is 12.2. The van der Waals surface area contributed by atoms with Gasteiger partial charge in [-0.3, -0.25) is 0 Å². The van der Waals surface area contributed by atoms with Crippen LogP contribution in [0.3, 0.4) is 0 Å². The minimum Gasteiger partial charge on any atom is -0.324 e. The molecule has 0 bridgehead atoms. The lowest BCUT2D eigenvalue weighted by molar-refractivity contribution is 0.268. The molecule has 0 aromatic heterocycles. The molecule has 100 valence electrons. The summed E-state index contributed by atoms with van der Waals surface area (Å²) in [6.45, 7) is 11.9. The normalized spacial score (nSPS) is 21.5. The zero-order valence-corrected chi connectivity index (χ0v) is 12.2. The van der Waals surface area contributed by atoms with E-state index in [0.717, 1.165) is 13.1 Å². The Bertz CT molecular complexity index is 418. The maximum absolute atomic E-state index is 6.11. The average molecular weight is 246 g/mol. The van der Waals surface area contributed by atoms with Gasteiger partial charge in [0.2, 0.25) is 0 Å². The van der Waals surface area contributed by atoms with Crippen LogP contribution in [-0.2, 0) is 0 Å². The molecular formula is C16H26N2. The molecule has 1 fully saturated rings. The minimum atomic E-state index is -0.0861. The van der Waals surface area contributed by atoms with Gasteiger partial charge in [0.15, 0.2) is 0 Å². The van der Waals surface area contributed by atoms with E-state index in [2.05, 4.69) is 50.8 Å². The third-order valence-electron chi connectivity index (χ3n) is 3.77. The van der Waals surface area contributed by atoms with Crippen molar-refractivity contribution in [3.63, 3.8) is 0 Å². The molecule has 1 saturated heterocycles. The molecule has 2 N–H and O–H groups in total. The van der Waals surface area contributed by atoms with Crippen LogP contribution in [0.4, 0.5) is 0 Å². The molecule has 1 heterocycles. The van der Waals surface area contributed by atoms with Gasteiger partial charge in [-0.15, -0.1) is 0 Å². The predicted molar refractivity (Wildman–Crippen MR) is 78.0 cm³/mol. The fourth-order valence-corrected chi connectivity index (χ4v) is 3.09. The van der Waals surface area contributed by atoms with E-state index in [-0.39, 0.29) is 5.54 Å². The van der Waals surface area contributed by atoms with E-state index in [1.165, 1.54) is 29.7 Å². The summed E-state index contributed by atoms with van der Waals surface area (Å²) in [6, 6.07) is 6.84. The molecule has 0 amide bonds. The first-order valence-electron chi connectivity index (χ1n) is 6.93. The van der Waals surface area contributed by atoms with E-state index in [1.54, 1.807) is 0 Å². The van der Waals surface area contributed by atoms with Crippen molar-refractivity contribution in [2.45, 2.75) is 45.6 Å². The van der Waals surface area contributed by atoms with Gasteiger partial charge in [-0.2, -0.15) is 0 Å². The van der Waals surface area contributed by atoms with Crippen LogP contribution in [0, 0.1) is 13.8 Å². The third kappa shape index (κ3) is 3.33. The molecular weight excluding hydrogens is 220 g/mol. The predicted octanol–water partition coefficient (Wildman–Crippen LogP) is 2.83. The number of nitrogens with two attached hydrogens (primary N) is 1. The highest BCUT2D eigenvalue weighted by molar-refractivity contribution is 5.33. The number of benzene rings is 1. The number of hydrogen-bond donors (Lipinski definition) is 1. The van der Waals surface area contributed by atoms with E-state index < -0.39 is 0 Å². The molecule has 1 aliphatic heterocycles. The highest BCUT2D eigenvalue weighted by Gasteiger charge is 2.27. The Morgan fingerprint density at radius 3 is 2.67 bits per heavy atom. The first-order chi connectivity index (χ1) is 8.35. The van der Waals surface area contributed by atoms with Gasteiger partial charge in [0, 0.05) is 18.6 Å². The number of aryl methyl sites for hydroxylation is 2. The Kier molecular flexibility index (Phi) is 3.79. The molecule has 0 radical (unpaired) electrons. The Labute approximate surface area is 111 Å². The molecule has 1 aromatic rings. The van der Waals surface area contributed by atoms with Crippen LogP contribution >= 0.6 is 0 Å². The molecule has 1 aliphatic rings. The van der Waals surface area contributed by atoms with Crippen molar-refractivity contribution in [1.82, 2.24) is 4.90 Å². The number of nitrogens with zero attached hydrogens (tertiary/aromatic N) is 1. The van der Waals surface area contributed by atoms with Crippen LogP contribution in [0.5, 0.6) is 0 Å². The average Bonchev–Trinajstić information content (AvgIpc) is 2.63. The summed E-state index contributed by atoms with van der Waals surface area (Å²) in [5.74, 6) is 0.688. The molecule has 18 heavy (non-hydrogen) atoms. The van der Waals surface area contributed by atoms with E-state index in [4.69, 9.17) is 5.73 Å². The van der Waals surface area contributed by atoms with Gasteiger partial charge in [-0.1, -0.05) is 23.8 Å². The highest BCUT2D eigenvalue weighted by Crippen LogP contribution is 2.30. The minimum absolute atomic E-state index is 0.0861. The van der Waals surface area contributed by atoms with Crippen LogP contribution in [0.2, 0.25) is 0 Å². The molecule has 0 aliphatic carbocycles. The first-order valence-corrected chi connectivity index (χ1v) is 6.93. The molecule has 2 nitrogen and oxygen atoms in total. The molecule has 2 heteroatoms. The molecule has 0 spiro atoms. The number of likely N-dealkylation sites (tertiary alicyclic amines) is 1. The van der Waals surface area contributed by atoms with Crippen molar-refractivity contribution >= 4 is 0 Å². The van der Waals surface area contributed by atoms with Crippen LogP contribution < -0.4 is 5.73 Å². The Hall–Kier alpha value is -0.860. The van der Waals surface area contributed by atoms with Gasteiger partial charge < -0.3 is 10.6 Å². The molecule has 0 saturated carbocycles. The van der Waals surface area contributed by atoms with Crippen LogP contribution in [0.1, 0.15) is 42.9 Å². The topological polar surface area (TPSA) is 29.3 Å². The highest BCUT2D eigenvalue weighted by atomic mass is 15.2. The molecule has 1 aromatic carbocycles. The molecule has 2 rings (SSSR count). The largest absolute Gasteiger partial charge is 0.324 e. The van der Waals surface area contributed by atoms with Crippen molar-refractivity contribution in [3.8, 4) is 0 Å². The maximum atomic E-state index is 6.11. The monoisotopic (exact) mass is 246 g/mol. The lowest BCUT2D eigenvalue weighted by Gasteiger charge is -2.26. The first kappa shape index (κ1) is 13.6. The second kappa shape index (κ2) is 5.02. The number of rotatable bonds is 3. The van der Waals surface area contributed by atoms with Gasteiger partial charge in [-0.25, -0.2) is 0 Å². The summed E-state index contributed by atoms with van der Waals surface area (Å²) in [4.78, 5) is 2.50. The summed E-state index contributed by atoms with van der Waals surface area (Å²) in [5, 5.41) is 0. The van der Waals surface area contributed by atoms with E-state index in [1.807, 2.05) is 0 Å². The van der Waals surface area contributed by atoms with E-state index in [9.17, 15) is 0 Å². The van der Waals surface area contributed by atoms with Gasteiger partial charge in [-0.05, 0) is 57.7 Å². The zero-order chi connectivity index (χ0) is 13.3. The van der Waals surface area contributed by atoms with Gasteiger partial charge in [0.25, 0.3) is 0 Å². The smallest absolute Gasteiger partial charge is 0.0226 e. The summed E-state index contributed by atoms with van der Waals surface area (Å²) in [7, 11) is 0.